The lowest BCUT2D eigenvalue weighted by Crippen LogP contribution is -2.26. The zero-order chi connectivity index (χ0) is 20.3. The van der Waals surface area contributed by atoms with Crippen molar-refractivity contribution < 1.29 is 13.9 Å². The van der Waals surface area contributed by atoms with Gasteiger partial charge in [0.25, 0.3) is 0 Å². The van der Waals surface area contributed by atoms with Crippen LogP contribution in [0.2, 0.25) is 0 Å². The highest BCUT2D eigenvalue weighted by atomic mass is 16.5. The summed E-state index contributed by atoms with van der Waals surface area (Å²) in [5, 5.41) is 2.77. The standard InChI is InChI=1S/C25H20N2O3/c28-25(26-13-5-6-17-11-12-24-23(14-17)27-16-30-24)29-15-22-20-9-3-1-7-18(20)19-8-2-4-10-21(19)22/h1-12,14,16,22H,13,15H2,(H,26,28). The molecule has 0 aliphatic heterocycles. The second-order valence-corrected chi connectivity index (χ2v) is 7.19. The molecule has 0 unspecified atom stereocenters. The van der Waals surface area contributed by atoms with E-state index in [0.717, 1.165) is 16.7 Å². The van der Waals surface area contributed by atoms with Crippen molar-refractivity contribution in [1.29, 1.82) is 0 Å². The average molecular weight is 396 g/mol. The molecule has 5 heteroatoms. The molecule has 0 saturated carbocycles. The summed E-state index contributed by atoms with van der Waals surface area (Å²) in [5.74, 6) is 0.0629. The number of ether oxygens (including phenoxy) is 1. The highest BCUT2D eigenvalue weighted by Crippen LogP contribution is 2.44. The van der Waals surface area contributed by atoms with E-state index in [-0.39, 0.29) is 5.92 Å². The van der Waals surface area contributed by atoms with E-state index in [4.69, 9.17) is 9.15 Å². The number of alkyl carbamates (subject to hydrolysis) is 1. The maximum absolute atomic E-state index is 12.2. The Morgan fingerprint density at radius 3 is 2.53 bits per heavy atom. The van der Waals surface area contributed by atoms with Crippen molar-refractivity contribution in [2.75, 3.05) is 13.2 Å². The Bertz CT molecular complexity index is 1200. The minimum absolute atomic E-state index is 0.0629. The number of aromatic nitrogens is 1. The van der Waals surface area contributed by atoms with Crippen molar-refractivity contribution in [3.8, 4) is 11.1 Å². The van der Waals surface area contributed by atoms with Gasteiger partial charge in [-0.05, 0) is 39.9 Å². The van der Waals surface area contributed by atoms with E-state index in [9.17, 15) is 4.79 Å². The first-order valence-electron chi connectivity index (χ1n) is 9.88. The van der Waals surface area contributed by atoms with Crippen molar-refractivity contribution >= 4 is 23.3 Å². The lowest BCUT2D eigenvalue weighted by Gasteiger charge is -2.14. The van der Waals surface area contributed by atoms with E-state index in [0.29, 0.717) is 13.2 Å². The van der Waals surface area contributed by atoms with Crippen LogP contribution >= 0.6 is 0 Å². The number of nitrogens with one attached hydrogen (secondary N) is 1. The van der Waals surface area contributed by atoms with Crippen molar-refractivity contribution in [1.82, 2.24) is 10.3 Å². The van der Waals surface area contributed by atoms with Gasteiger partial charge >= 0.3 is 6.09 Å². The molecule has 1 aliphatic rings. The van der Waals surface area contributed by atoms with Crippen LogP contribution in [0.4, 0.5) is 4.79 Å². The Balaban J connectivity index is 1.18. The molecule has 5 nitrogen and oxygen atoms in total. The zero-order valence-corrected chi connectivity index (χ0v) is 16.2. The number of fused-ring (bicyclic) bond motifs is 4. The van der Waals surface area contributed by atoms with Gasteiger partial charge in [-0.2, -0.15) is 0 Å². The molecule has 1 heterocycles. The number of carbonyl (C=O) groups is 1. The molecular weight excluding hydrogens is 376 g/mol. The third-order valence-corrected chi connectivity index (χ3v) is 5.37. The van der Waals surface area contributed by atoms with E-state index in [1.807, 2.05) is 54.6 Å². The summed E-state index contributed by atoms with van der Waals surface area (Å²) in [6, 6.07) is 22.3. The van der Waals surface area contributed by atoms with Gasteiger partial charge in [0, 0.05) is 12.5 Å². The summed E-state index contributed by atoms with van der Waals surface area (Å²) in [5.41, 5.74) is 7.39. The molecule has 0 saturated heterocycles. The maximum atomic E-state index is 12.2. The smallest absolute Gasteiger partial charge is 0.407 e. The first-order chi connectivity index (χ1) is 14.8. The molecule has 0 atom stereocenters. The number of amides is 1. The van der Waals surface area contributed by atoms with Gasteiger partial charge in [-0.3, -0.25) is 0 Å². The summed E-state index contributed by atoms with van der Waals surface area (Å²) < 4.78 is 10.8. The average Bonchev–Trinajstić information content (AvgIpc) is 3.37. The number of nitrogens with zero attached hydrogens (tertiary/aromatic N) is 1. The number of benzene rings is 3. The number of oxazole rings is 1. The van der Waals surface area contributed by atoms with Gasteiger partial charge in [0.2, 0.25) is 0 Å². The Hall–Kier alpha value is -3.86. The second-order valence-electron chi connectivity index (χ2n) is 7.19. The molecule has 1 amide bonds. The van der Waals surface area contributed by atoms with Crippen LogP contribution in [0, 0.1) is 0 Å². The van der Waals surface area contributed by atoms with Crippen LogP contribution in [0.15, 0.2) is 83.6 Å². The zero-order valence-electron chi connectivity index (χ0n) is 16.2. The molecule has 1 N–H and O–H groups in total. The summed E-state index contributed by atoms with van der Waals surface area (Å²) in [6.45, 7) is 0.694. The molecule has 148 valence electrons. The van der Waals surface area contributed by atoms with Gasteiger partial charge in [-0.1, -0.05) is 66.7 Å². The first kappa shape index (κ1) is 18.2. The van der Waals surface area contributed by atoms with Gasteiger partial charge in [0.05, 0.1) is 0 Å². The van der Waals surface area contributed by atoms with Crippen LogP contribution < -0.4 is 5.32 Å². The van der Waals surface area contributed by atoms with E-state index in [2.05, 4.69) is 34.6 Å². The van der Waals surface area contributed by atoms with Crippen LogP contribution in [0.1, 0.15) is 22.6 Å². The molecular formula is C25H20N2O3. The van der Waals surface area contributed by atoms with Crippen LogP contribution in [-0.2, 0) is 4.74 Å². The Kier molecular flexibility index (Phi) is 4.77. The van der Waals surface area contributed by atoms with Crippen molar-refractivity contribution in [2.45, 2.75) is 5.92 Å². The fourth-order valence-electron chi connectivity index (χ4n) is 3.97. The van der Waals surface area contributed by atoms with E-state index >= 15 is 0 Å². The second kappa shape index (κ2) is 7.87. The predicted molar refractivity (Wildman–Crippen MR) is 116 cm³/mol. The van der Waals surface area contributed by atoms with Crippen molar-refractivity contribution in [3.05, 3.63) is 95.9 Å². The van der Waals surface area contributed by atoms with Gasteiger partial charge in [0.15, 0.2) is 12.0 Å². The fourth-order valence-corrected chi connectivity index (χ4v) is 3.97. The van der Waals surface area contributed by atoms with Crippen LogP contribution in [-0.4, -0.2) is 24.2 Å². The summed E-state index contributed by atoms with van der Waals surface area (Å²) in [4.78, 5) is 16.3. The lowest BCUT2D eigenvalue weighted by molar-refractivity contribution is 0.144. The normalized spacial score (nSPS) is 12.8. The van der Waals surface area contributed by atoms with Crippen molar-refractivity contribution in [2.24, 2.45) is 0 Å². The molecule has 0 bridgehead atoms. The maximum Gasteiger partial charge on any atom is 0.407 e. The monoisotopic (exact) mass is 396 g/mol. The Morgan fingerprint density at radius 1 is 1.03 bits per heavy atom. The van der Waals surface area contributed by atoms with E-state index in [1.165, 1.54) is 28.6 Å². The number of hydrogen-bond donors (Lipinski definition) is 1. The Labute approximate surface area is 174 Å². The quantitative estimate of drug-likeness (QED) is 0.492. The lowest BCUT2D eigenvalue weighted by atomic mass is 9.98. The first-order valence-corrected chi connectivity index (χ1v) is 9.88. The van der Waals surface area contributed by atoms with Gasteiger partial charge < -0.3 is 14.5 Å². The SMILES string of the molecule is O=C(NCC=Cc1ccc2ocnc2c1)OCC1c2ccccc2-c2ccccc21. The summed E-state index contributed by atoms with van der Waals surface area (Å²) >= 11 is 0. The molecule has 3 aromatic carbocycles. The number of hydrogen-bond acceptors (Lipinski definition) is 4. The Morgan fingerprint density at radius 2 is 1.77 bits per heavy atom. The molecule has 5 rings (SSSR count). The van der Waals surface area contributed by atoms with E-state index < -0.39 is 6.09 Å². The summed E-state index contributed by atoms with van der Waals surface area (Å²) in [6.07, 6.45) is 4.81. The number of rotatable bonds is 5. The topological polar surface area (TPSA) is 64.4 Å². The van der Waals surface area contributed by atoms with Crippen LogP contribution in [0.3, 0.4) is 0 Å². The van der Waals surface area contributed by atoms with Gasteiger partial charge in [-0.15, -0.1) is 0 Å². The van der Waals surface area contributed by atoms with Gasteiger partial charge in [-0.25, -0.2) is 9.78 Å². The van der Waals surface area contributed by atoms with Crippen LogP contribution in [0.25, 0.3) is 28.3 Å². The minimum Gasteiger partial charge on any atom is -0.449 e. The highest BCUT2D eigenvalue weighted by Gasteiger charge is 2.28. The molecule has 30 heavy (non-hydrogen) atoms. The van der Waals surface area contributed by atoms with Gasteiger partial charge in [0.1, 0.15) is 12.1 Å². The third kappa shape index (κ3) is 3.46. The predicted octanol–water partition coefficient (Wildman–Crippen LogP) is 5.38. The largest absolute Gasteiger partial charge is 0.449 e. The highest BCUT2D eigenvalue weighted by molar-refractivity contribution is 5.79. The molecule has 4 aromatic rings. The fraction of sp³-hybridized carbons (Fsp3) is 0.120. The number of carbonyl (C=O) groups excluding carboxylic acids is 1. The molecule has 0 spiro atoms. The molecule has 0 fully saturated rings. The third-order valence-electron chi connectivity index (χ3n) is 5.37. The molecule has 1 aliphatic carbocycles. The van der Waals surface area contributed by atoms with Crippen LogP contribution in [0.5, 0.6) is 0 Å². The molecule has 0 radical (unpaired) electrons. The molecule has 1 aromatic heterocycles. The van der Waals surface area contributed by atoms with Crippen molar-refractivity contribution in [3.63, 3.8) is 0 Å². The van der Waals surface area contributed by atoms with E-state index in [1.54, 1.807) is 0 Å². The summed E-state index contributed by atoms with van der Waals surface area (Å²) in [7, 11) is 0. The minimum atomic E-state index is -0.423.